The Morgan fingerprint density at radius 3 is 1.53 bits per heavy atom. The van der Waals surface area contributed by atoms with E-state index in [2.05, 4.69) is 78.1 Å². The smallest absolute Gasteiger partial charge is 0.166 e. The fourth-order valence-electron chi connectivity index (χ4n) is 4.02. The van der Waals surface area contributed by atoms with Crippen LogP contribution in [0.4, 0.5) is 0 Å². The Morgan fingerprint density at radius 1 is 0.688 bits per heavy atom. The molecule has 3 rings (SSSR count). The number of aliphatic hydroxyl groups is 1. The second-order valence-electron chi connectivity index (χ2n) is 7.63. The van der Waals surface area contributed by atoms with Crippen molar-refractivity contribution in [3.05, 3.63) is 119 Å². The molecule has 2 N–H and O–H groups in total. The molecule has 0 fully saturated rings. The largest absolute Gasteiger partial charge is 0.510 e. The van der Waals surface area contributed by atoms with Gasteiger partial charge in [0.2, 0.25) is 0 Å². The zero-order chi connectivity index (χ0) is 22.7. The summed E-state index contributed by atoms with van der Waals surface area (Å²) in [5.74, 6) is -0.116. The second-order valence-corrected chi connectivity index (χ2v) is 7.63. The van der Waals surface area contributed by atoms with Crippen molar-refractivity contribution in [3.63, 3.8) is 0 Å². The maximum Gasteiger partial charge on any atom is 0.166 e. The second kappa shape index (κ2) is 11.5. The van der Waals surface area contributed by atoms with Crippen LogP contribution in [-0.4, -0.2) is 11.7 Å². The Kier molecular flexibility index (Phi) is 8.21. The molecule has 0 aliphatic heterocycles. The summed E-state index contributed by atoms with van der Waals surface area (Å²) in [4.78, 5) is 0. The highest BCUT2D eigenvalue weighted by atomic mass is 16.3. The monoisotopic (exact) mass is 421 g/mol. The number of nitrogens with one attached hydrogen (secondary N) is 1. The number of benzene rings is 3. The first kappa shape index (κ1) is 22.8. The van der Waals surface area contributed by atoms with Crippen LogP contribution < -0.4 is 5.32 Å². The molecule has 160 valence electrons. The summed E-state index contributed by atoms with van der Waals surface area (Å²) >= 11 is 0. The van der Waals surface area contributed by atoms with Crippen molar-refractivity contribution in [1.82, 2.24) is 5.32 Å². The van der Waals surface area contributed by atoms with Gasteiger partial charge in [-0.15, -0.1) is 0 Å². The first-order valence-corrected chi connectivity index (χ1v) is 10.9. The van der Waals surface area contributed by atoms with Crippen molar-refractivity contribution in [2.75, 3.05) is 6.54 Å². The number of unbranched alkanes of at least 4 members (excludes halogenated alkanes) is 2. The summed E-state index contributed by atoms with van der Waals surface area (Å²) in [5, 5.41) is 31.4. The molecule has 0 aromatic heterocycles. The lowest BCUT2D eigenvalue weighted by atomic mass is 9.77. The van der Waals surface area contributed by atoms with E-state index in [0.29, 0.717) is 6.42 Å². The van der Waals surface area contributed by atoms with Crippen LogP contribution in [0.15, 0.2) is 102 Å². The van der Waals surface area contributed by atoms with Gasteiger partial charge in [0.25, 0.3) is 0 Å². The molecule has 0 saturated carbocycles. The average Bonchev–Trinajstić information content (AvgIpc) is 2.86. The van der Waals surface area contributed by atoms with Crippen molar-refractivity contribution in [3.8, 4) is 12.1 Å². The Hall–Kier alpha value is -3.86. The standard InChI is InChI=1S/C28H27N3O/c29-21-23(22-30)27(32)19-11-4-12-20-31-28(24-13-5-1-6-14-24,25-15-7-2-8-16-25)26-17-9-3-10-18-26/h1-3,5-10,13-18,31-32H,4,11-12,19-20H2. The molecule has 4 heteroatoms. The van der Waals surface area contributed by atoms with Gasteiger partial charge in [0.05, 0.1) is 5.54 Å². The Labute approximate surface area is 190 Å². The van der Waals surface area contributed by atoms with E-state index in [1.807, 2.05) is 18.2 Å². The summed E-state index contributed by atoms with van der Waals surface area (Å²) in [5.41, 5.74) is 2.84. The topological polar surface area (TPSA) is 79.8 Å². The molecule has 0 heterocycles. The van der Waals surface area contributed by atoms with E-state index in [1.54, 1.807) is 12.1 Å². The van der Waals surface area contributed by atoms with E-state index in [9.17, 15) is 5.11 Å². The van der Waals surface area contributed by atoms with Crippen molar-refractivity contribution in [2.45, 2.75) is 31.2 Å². The van der Waals surface area contributed by atoms with Crippen LogP contribution in [0.2, 0.25) is 0 Å². The maximum absolute atomic E-state index is 9.86. The molecule has 0 bridgehead atoms. The molecule has 0 aliphatic carbocycles. The predicted molar refractivity (Wildman–Crippen MR) is 127 cm³/mol. The van der Waals surface area contributed by atoms with Gasteiger partial charge in [-0.3, -0.25) is 5.32 Å². The van der Waals surface area contributed by atoms with Gasteiger partial charge in [-0.05, 0) is 36.1 Å². The van der Waals surface area contributed by atoms with E-state index in [-0.39, 0.29) is 11.3 Å². The highest BCUT2D eigenvalue weighted by Crippen LogP contribution is 2.36. The molecule has 0 atom stereocenters. The van der Waals surface area contributed by atoms with Crippen LogP contribution in [0.5, 0.6) is 0 Å². The summed E-state index contributed by atoms with van der Waals surface area (Å²) < 4.78 is 0. The van der Waals surface area contributed by atoms with Gasteiger partial charge in [-0.1, -0.05) is 97.4 Å². The molecule has 3 aromatic rings. The normalized spacial score (nSPS) is 10.7. The van der Waals surface area contributed by atoms with Gasteiger partial charge in [-0.2, -0.15) is 10.5 Å². The molecule has 0 amide bonds. The first-order valence-electron chi connectivity index (χ1n) is 10.9. The molecule has 0 saturated heterocycles. The van der Waals surface area contributed by atoms with Crippen molar-refractivity contribution in [2.24, 2.45) is 0 Å². The van der Waals surface area contributed by atoms with Crippen LogP contribution in [0.25, 0.3) is 0 Å². The summed E-state index contributed by atoms with van der Waals surface area (Å²) in [6.45, 7) is 0.770. The molecule has 0 radical (unpaired) electrons. The Balaban J connectivity index is 1.81. The van der Waals surface area contributed by atoms with E-state index in [0.717, 1.165) is 25.8 Å². The highest BCUT2D eigenvalue weighted by molar-refractivity contribution is 5.49. The van der Waals surface area contributed by atoms with Crippen LogP contribution in [0, 0.1) is 22.7 Å². The predicted octanol–water partition coefficient (Wildman–Crippen LogP) is 5.99. The third-order valence-electron chi connectivity index (χ3n) is 5.61. The zero-order valence-corrected chi connectivity index (χ0v) is 18.0. The van der Waals surface area contributed by atoms with Gasteiger partial charge in [0, 0.05) is 6.42 Å². The summed E-state index contributed by atoms with van der Waals surface area (Å²) in [6, 6.07) is 34.9. The molecule has 3 aromatic carbocycles. The van der Waals surface area contributed by atoms with Crippen LogP contribution in [-0.2, 0) is 5.54 Å². The zero-order valence-electron chi connectivity index (χ0n) is 18.0. The lowest BCUT2D eigenvalue weighted by Gasteiger charge is -2.37. The molecule has 32 heavy (non-hydrogen) atoms. The van der Waals surface area contributed by atoms with E-state index >= 15 is 0 Å². The lowest BCUT2D eigenvalue weighted by molar-refractivity contribution is 0.376. The van der Waals surface area contributed by atoms with E-state index in [4.69, 9.17) is 10.5 Å². The molecular weight excluding hydrogens is 394 g/mol. The molecular formula is C28H27N3O. The van der Waals surface area contributed by atoms with Crippen molar-refractivity contribution >= 4 is 0 Å². The van der Waals surface area contributed by atoms with Gasteiger partial charge >= 0.3 is 0 Å². The third kappa shape index (κ3) is 5.24. The average molecular weight is 422 g/mol. The Morgan fingerprint density at radius 2 is 1.12 bits per heavy atom. The fourth-order valence-corrected chi connectivity index (χ4v) is 4.02. The van der Waals surface area contributed by atoms with Gasteiger partial charge < -0.3 is 5.11 Å². The number of rotatable bonds is 10. The SMILES string of the molecule is N#CC(C#N)=C(O)CCCCCNC(c1ccccc1)(c1ccccc1)c1ccccc1. The first-order chi connectivity index (χ1) is 15.7. The van der Waals surface area contributed by atoms with Crippen molar-refractivity contribution < 1.29 is 5.11 Å². The number of nitriles is 2. The van der Waals surface area contributed by atoms with Gasteiger partial charge in [-0.25, -0.2) is 0 Å². The van der Waals surface area contributed by atoms with Gasteiger partial charge in [0.1, 0.15) is 17.9 Å². The van der Waals surface area contributed by atoms with Crippen LogP contribution in [0.3, 0.4) is 0 Å². The lowest BCUT2D eigenvalue weighted by Crippen LogP contribution is -2.45. The minimum atomic E-state index is -0.486. The van der Waals surface area contributed by atoms with Crippen LogP contribution in [0.1, 0.15) is 42.4 Å². The number of hydrogen-bond donors (Lipinski definition) is 2. The number of hydrogen-bond acceptors (Lipinski definition) is 4. The molecule has 0 aliphatic rings. The van der Waals surface area contributed by atoms with Crippen LogP contribution >= 0.6 is 0 Å². The van der Waals surface area contributed by atoms with Crippen molar-refractivity contribution in [1.29, 1.82) is 10.5 Å². The summed E-state index contributed by atoms with van der Waals surface area (Å²) in [6.07, 6.45) is 2.83. The maximum atomic E-state index is 9.86. The number of allylic oxidation sites excluding steroid dienone is 2. The fraction of sp³-hybridized carbons (Fsp3) is 0.214. The highest BCUT2D eigenvalue weighted by Gasteiger charge is 2.35. The molecule has 4 nitrogen and oxygen atoms in total. The van der Waals surface area contributed by atoms with E-state index < -0.39 is 5.54 Å². The minimum Gasteiger partial charge on any atom is -0.510 e. The van der Waals surface area contributed by atoms with E-state index in [1.165, 1.54) is 16.7 Å². The minimum absolute atomic E-state index is 0.116. The quantitative estimate of drug-likeness (QED) is 0.182. The van der Waals surface area contributed by atoms with Gasteiger partial charge in [0.15, 0.2) is 5.57 Å². The molecule has 0 unspecified atom stereocenters. The Bertz CT molecular complexity index is 982. The summed E-state index contributed by atoms with van der Waals surface area (Å²) in [7, 11) is 0. The third-order valence-corrected chi connectivity index (χ3v) is 5.61. The number of aliphatic hydroxyl groups excluding tert-OH is 1. The molecule has 0 spiro atoms. The number of nitrogens with zero attached hydrogens (tertiary/aromatic N) is 2.